The fourth-order valence-corrected chi connectivity index (χ4v) is 4.05. The number of piperazine rings is 1. The molecule has 3 rings (SSSR count). The van der Waals surface area contributed by atoms with Crippen LogP contribution in [0.4, 0.5) is 5.00 Å². The molecule has 0 aliphatic carbocycles. The second kappa shape index (κ2) is 9.07. The first-order valence-electron chi connectivity index (χ1n) is 9.03. The maximum Gasteiger partial charge on any atom is 0.324 e. The summed E-state index contributed by atoms with van der Waals surface area (Å²) in [5.74, 6) is -0.252. The zero-order chi connectivity index (χ0) is 19.2. The molecule has 0 bridgehead atoms. The van der Waals surface area contributed by atoms with Gasteiger partial charge in [0.05, 0.1) is 10.5 Å². The Balaban J connectivity index is 1.49. The fraction of sp³-hybridized carbons (Fsp3) is 0.421. The monoisotopic (exact) mass is 388 g/mol. The molecule has 1 aliphatic rings. The van der Waals surface area contributed by atoms with Gasteiger partial charge >= 0.3 is 5.00 Å². The van der Waals surface area contributed by atoms with Crippen LogP contribution in [0, 0.1) is 10.1 Å². The lowest BCUT2D eigenvalue weighted by Gasteiger charge is -2.40. The minimum atomic E-state index is -0.474. The molecule has 2 heterocycles. The first-order valence-corrected chi connectivity index (χ1v) is 9.91. The Morgan fingerprint density at radius 1 is 1.33 bits per heavy atom. The van der Waals surface area contributed by atoms with E-state index in [1.54, 1.807) is 0 Å². The van der Waals surface area contributed by atoms with Crippen LogP contribution in [0.15, 0.2) is 41.8 Å². The van der Waals surface area contributed by atoms with Crippen molar-refractivity contribution in [1.82, 2.24) is 15.1 Å². The van der Waals surface area contributed by atoms with E-state index in [0.29, 0.717) is 18.2 Å². The summed E-state index contributed by atoms with van der Waals surface area (Å²) in [6.45, 7) is 4.48. The third-order valence-electron chi connectivity index (χ3n) is 4.81. The van der Waals surface area contributed by atoms with Crippen molar-refractivity contribution in [2.24, 2.45) is 0 Å². The third-order valence-corrected chi connectivity index (χ3v) is 5.69. The van der Waals surface area contributed by atoms with Crippen LogP contribution in [-0.2, 0) is 0 Å². The third kappa shape index (κ3) is 5.12. The highest BCUT2D eigenvalue weighted by molar-refractivity contribution is 7.13. The van der Waals surface area contributed by atoms with E-state index in [9.17, 15) is 14.9 Å². The number of likely N-dealkylation sites (N-methyl/N-ethyl adjacent to an activating group) is 1. The lowest BCUT2D eigenvalue weighted by molar-refractivity contribution is -0.380. The first kappa shape index (κ1) is 19.5. The minimum absolute atomic E-state index is 0.0108. The maximum atomic E-state index is 12.1. The van der Waals surface area contributed by atoms with E-state index in [4.69, 9.17) is 0 Å². The number of hydrogen-bond acceptors (Lipinski definition) is 6. The number of thiophene rings is 1. The molecule has 1 atom stereocenters. The van der Waals surface area contributed by atoms with Gasteiger partial charge in [-0.2, -0.15) is 0 Å². The molecule has 8 heteroatoms. The Morgan fingerprint density at radius 2 is 2.11 bits per heavy atom. The lowest BCUT2D eigenvalue weighted by Crippen LogP contribution is -2.47. The van der Waals surface area contributed by atoms with Crippen molar-refractivity contribution in [3.8, 4) is 0 Å². The smallest absolute Gasteiger partial charge is 0.324 e. The Bertz CT molecular complexity index is 780. The normalized spacial score (nSPS) is 18.3. The van der Waals surface area contributed by atoms with Gasteiger partial charge < -0.3 is 10.2 Å². The number of carbonyl (C=O) groups excluding carboxylic acids is 1. The predicted molar refractivity (Wildman–Crippen MR) is 106 cm³/mol. The molecule has 1 N–H and O–H groups in total. The van der Waals surface area contributed by atoms with Crippen molar-refractivity contribution in [1.29, 1.82) is 0 Å². The summed E-state index contributed by atoms with van der Waals surface area (Å²) >= 11 is 0.973. The summed E-state index contributed by atoms with van der Waals surface area (Å²) in [5.41, 5.74) is 1.67. The van der Waals surface area contributed by atoms with Gasteiger partial charge in [0.2, 0.25) is 0 Å². The Morgan fingerprint density at radius 3 is 2.81 bits per heavy atom. The van der Waals surface area contributed by atoms with Crippen molar-refractivity contribution in [3.05, 3.63) is 63.0 Å². The molecule has 1 amide bonds. The molecule has 0 spiro atoms. The summed E-state index contributed by atoms with van der Waals surface area (Å²) < 4.78 is 0. The van der Waals surface area contributed by atoms with E-state index >= 15 is 0 Å². The number of amides is 1. The van der Waals surface area contributed by atoms with Crippen molar-refractivity contribution < 1.29 is 9.72 Å². The molecular weight excluding hydrogens is 364 g/mol. The average molecular weight is 388 g/mol. The van der Waals surface area contributed by atoms with E-state index < -0.39 is 4.92 Å². The van der Waals surface area contributed by atoms with Crippen molar-refractivity contribution in [3.63, 3.8) is 0 Å². The second-order valence-corrected chi connectivity index (χ2v) is 7.65. The molecule has 1 fully saturated rings. The van der Waals surface area contributed by atoms with Crippen molar-refractivity contribution in [2.75, 3.05) is 39.8 Å². The Labute approximate surface area is 162 Å². The van der Waals surface area contributed by atoms with Crippen molar-refractivity contribution in [2.45, 2.75) is 12.5 Å². The standard InChI is InChI=1S/C19H24N4O3S/c1-21-10-11-22(17(13-21)15-6-3-2-4-7-15)9-5-8-20-19(24)16-12-18(23(25)26)27-14-16/h2-4,6-7,12,14,17H,5,8-11,13H2,1H3,(H,20,24). The van der Waals surface area contributed by atoms with Gasteiger partial charge in [0.1, 0.15) is 0 Å². The van der Waals surface area contributed by atoms with Gasteiger partial charge in [-0.05, 0) is 19.0 Å². The number of nitrogens with zero attached hydrogens (tertiary/aromatic N) is 3. The highest BCUT2D eigenvalue weighted by Crippen LogP contribution is 2.25. The molecule has 27 heavy (non-hydrogen) atoms. The van der Waals surface area contributed by atoms with Crippen LogP contribution in [-0.4, -0.2) is 60.4 Å². The summed E-state index contributed by atoms with van der Waals surface area (Å²) in [4.78, 5) is 27.2. The second-order valence-electron chi connectivity index (χ2n) is 6.76. The van der Waals surface area contributed by atoms with Gasteiger partial charge in [0.15, 0.2) is 0 Å². The molecule has 7 nitrogen and oxygen atoms in total. The van der Waals surface area contributed by atoms with E-state index in [-0.39, 0.29) is 10.9 Å². The number of carbonyl (C=O) groups is 1. The lowest BCUT2D eigenvalue weighted by atomic mass is 10.0. The molecule has 1 aromatic heterocycles. The number of hydrogen-bond donors (Lipinski definition) is 1. The van der Waals surface area contributed by atoms with Crippen LogP contribution in [0.3, 0.4) is 0 Å². The van der Waals surface area contributed by atoms with E-state index in [2.05, 4.69) is 46.4 Å². The summed E-state index contributed by atoms with van der Waals surface area (Å²) in [5, 5.41) is 15.1. The number of rotatable bonds is 7. The summed E-state index contributed by atoms with van der Waals surface area (Å²) in [6, 6.07) is 12.2. The van der Waals surface area contributed by atoms with Gasteiger partial charge in [-0.1, -0.05) is 41.7 Å². The largest absolute Gasteiger partial charge is 0.352 e. The molecular formula is C19H24N4O3S. The van der Waals surface area contributed by atoms with Crippen LogP contribution in [0.25, 0.3) is 0 Å². The van der Waals surface area contributed by atoms with Crippen LogP contribution >= 0.6 is 11.3 Å². The number of nitro groups is 1. The average Bonchev–Trinajstić information content (AvgIpc) is 3.17. The topological polar surface area (TPSA) is 78.7 Å². The van der Waals surface area contributed by atoms with Crippen LogP contribution in [0.1, 0.15) is 28.4 Å². The molecule has 0 saturated carbocycles. The predicted octanol–water partition coefficient (Wildman–Crippen LogP) is 2.76. The van der Waals surface area contributed by atoms with Gasteiger partial charge in [0.25, 0.3) is 5.91 Å². The Hall–Kier alpha value is -2.29. The van der Waals surface area contributed by atoms with Gasteiger partial charge in [-0.25, -0.2) is 0 Å². The molecule has 144 valence electrons. The van der Waals surface area contributed by atoms with Crippen LogP contribution < -0.4 is 5.32 Å². The molecule has 0 radical (unpaired) electrons. The SMILES string of the molecule is CN1CCN(CCCNC(=O)c2csc([N+](=O)[O-])c2)C(c2ccccc2)C1. The number of nitrogens with one attached hydrogen (secondary N) is 1. The molecule has 2 aromatic rings. The zero-order valence-electron chi connectivity index (χ0n) is 15.3. The van der Waals surface area contributed by atoms with Gasteiger partial charge in [0, 0.05) is 50.2 Å². The quantitative estimate of drug-likeness (QED) is 0.448. The molecule has 1 aliphatic heterocycles. The highest BCUT2D eigenvalue weighted by atomic mass is 32.1. The van der Waals surface area contributed by atoms with Crippen molar-refractivity contribution >= 4 is 22.2 Å². The fourth-order valence-electron chi connectivity index (χ4n) is 3.34. The summed E-state index contributed by atoms with van der Waals surface area (Å²) in [6.07, 6.45) is 0.838. The highest BCUT2D eigenvalue weighted by Gasteiger charge is 2.26. The molecule has 1 aromatic carbocycles. The molecule has 1 saturated heterocycles. The summed E-state index contributed by atoms with van der Waals surface area (Å²) in [7, 11) is 2.15. The van der Waals surface area contributed by atoms with E-state index in [1.165, 1.54) is 17.0 Å². The zero-order valence-corrected chi connectivity index (χ0v) is 16.2. The number of benzene rings is 1. The van der Waals surface area contributed by atoms with Gasteiger partial charge in [-0.3, -0.25) is 19.8 Å². The van der Waals surface area contributed by atoms with Gasteiger partial charge in [-0.15, -0.1) is 0 Å². The van der Waals surface area contributed by atoms with Crippen LogP contribution in [0.5, 0.6) is 0 Å². The minimum Gasteiger partial charge on any atom is -0.352 e. The first-order chi connectivity index (χ1) is 13.0. The molecule has 1 unspecified atom stereocenters. The Kier molecular flexibility index (Phi) is 6.54. The maximum absolute atomic E-state index is 12.1. The van der Waals surface area contributed by atoms with Crippen LogP contribution in [0.2, 0.25) is 0 Å². The van der Waals surface area contributed by atoms with E-state index in [0.717, 1.165) is 43.9 Å². The van der Waals surface area contributed by atoms with E-state index in [1.807, 2.05) is 6.07 Å².